The second kappa shape index (κ2) is 6.57. The number of halogens is 2. The van der Waals surface area contributed by atoms with Crippen molar-refractivity contribution in [2.45, 2.75) is 20.3 Å². The van der Waals surface area contributed by atoms with Gasteiger partial charge in [-0.2, -0.15) is 0 Å². The number of aryl methyl sites for hydroxylation is 1. The topological polar surface area (TPSA) is 66.9 Å². The van der Waals surface area contributed by atoms with Crippen LogP contribution in [0.1, 0.15) is 29.2 Å². The van der Waals surface area contributed by atoms with Gasteiger partial charge in [-0.05, 0) is 25.5 Å². The van der Waals surface area contributed by atoms with Crippen LogP contribution in [0.15, 0.2) is 12.1 Å². The van der Waals surface area contributed by atoms with Gasteiger partial charge in [0.15, 0.2) is 0 Å². The Bertz CT molecular complexity index is 636. The monoisotopic (exact) mass is 312 g/mol. The molecule has 8 heteroatoms. The van der Waals surface area contributed by atoms with E-state index in [9.17, 15) is 13.6 Å². The number of rotatable bonds is 5. The largest absolute Gasteiger partial charge is 0.381 e. The summed E-state index contributed by atoms with van der Waals surface area (Å²) in [6, 6.07) is 1.97. The van der Waals surface area contributed by atoms with Gasteiger partial charge in [0.2, 0.25) is 5.13 Å². The van der Waals surface area contributed by atoms with Crippen LogP contribution in [0.5, 0.6) is 0 Å². The SMILES string of the molecule is CCNc1c(F)cc(C(=O)Nc2nnc(CC)s2)cc1F. The highest BCUT2D eigenvalue weighted by molar-refractivity contribution is 7.15. The van der Waals surface area contributed by atoms with Crippen molar-refractivity contribution in [2.24, 2.45) is 0 Å². The number of hydrogen-bond donors (Lipinski definition) is 2. The van der Waals surface area contributed by atoms with E-state index in [1.54, 1.807) is 6.92 Å². The third-order valence-electron chi connectivity index (χ3n) is 2.65. The zero-order valence-corrected chi connectivity index (χ0v) is 12.4. The molecule has 1 amide bonds. The van der Waals surface area contributed by atoms with E-state index in [1.165, 1.54) is 11.3 Å². The van der Waals surface area contributed by atoms with Crippen LogP contribution in [0.2, 0.25) is 0 Å². The van der Waals surface area contributed by atoms with Crippen molar-refractivity contribution in [3.63, 3.8) is 0 Å². The normalized spacial score (nSPS) is 10.5. The minimum atomic E-state index is -0.812. The average Bonchev–Trinajstić information content (AvgIpc) is 2.90. The van der Waals surface area contributed by atoms with Crippen LogP contribution in [0.4, 0.5) is 19.6 Å². The number of carbonyl (C=O) groups excluding carboxylic acids is 1. The molecule has 0 saturated carbocycles. The van der Waals surface area contributed by atoms with E-state index < -0.39 is 17.5 Å². The first-order valence-electron chi connectivity index (χ1n) is 6.41. The van der Waals surface area contributed by atoms with Crippen LogP contribution in [0.3, 0.4) is 0 Å². The van der Waals surface area contributed by atoms with Gasteiger partial charge in [0.05, 0.1) is 0 Å². The standard InChI is InChI=1S/C13H14F2N4OS/c1-3-10-18-19-13(21-10)17-12(20)7-5-8(14)11(16-4-2)9(15)6-7/h5-6,16H,3-4H2,1-2H3,(H,17,19,20). The fourth-order valence-electron chi connectivity index (χ4n) is 1.67. The van der Waals surface area contributed by atoms with Crippen molar-refractivity contribution in [1.29, 1.82) is 0 Å². The molecule has 0 atom stereocenters. The number of amides is 1. The molecule has 21 heavy (non-hydrogen) atoms. The second-order valence-electron chi connectivity index (χ2n) is 4.15. The molecule has 0 fully saturated rings. The van der Waals surface area contributed by atoms with Gasteiger partial charge in [0.1, 0.15) is 22.3 Å². The van der Waals surface area contributed by atoms with Crippen molar-refractivity contribution in [3.05, 3.63) is 34.3 Å². The van der Waals surface area contributed by atoms with E-state index in [0.717, 1.165) is 17.1 Å². The summed E-state index contributed by atoms with van der Waals surface area (Å²) in [6.07, 6.45) is 0.703. The molecule has 2 rings (SSSR count). The Morgan fingerprint density at radius 1 is 1.24 bits per heavy atom. The van der Waals surface area contributed by atoms with Crippen LogP contribution in [-0.4, -0.2) is 22.6 Å². The van der Waals surface area contributed by atoms with Crippen LogP contribution in [0, 0.1) is 11.6 Å². The molecule has 0 aliphatic heterocycles. The molecule has 5 nitrogen and oxygen atoms in total. The van der Waals surface area contributed by atoms with Gasteiger partial charge >= 0.3 is 0 Å². The minimum Gasteiger partial charge on any atom is -0.381 e. The van der Waals surface area contributed by atoms with Crippen molar-refractivity contribution >= 4 is 28.1 Å². The lowest BCUT2D eigenvalue weighted by molar-refractivity contribution is 0.102. The summed E-state index contributed by atoms with van der Waals surface area (Å²) >= 11 is 1.22. The molecule has 1 aromatic carbocycles. The van der Waals surface area contributed by atoms with Gasteiger partial charge in [-0.1, -0.05) is 18.3 Å². The molecule has 0 radical (unpaired) electrons. The Balaban J connectivity index is 2.19. The van der Waals surface area contributed by atoms with Crippen molar-refractivity contribution in [2.75, 3.05) is 17.2 Å². The van der Waals surface area contributed by atoms with Crippen LogP contribution in [0.25, 0.3) is 0 Å². The first kappa shape index (κ1) is 15.3. The Morgan fingerprint density at radius 3 is 2.43 bits per heavy atom. The molecular formula is C13H14F2N4OS. The molecule has 1 aromatic heterocycles. The fraction of sp³-hybridized carbons (Fsp3) is 0.308. The van der Waals surface area contributed by atoms with E-state index in [1.807, 2.05) is 6.92 Å². The molecule has 0 bridgehead atoms. The van der Waals surface area contributed by atoms with Crippen LogP contribution < -0.4 is 10.6 Å². The molecule has 0 unspecified atom stereocenters. The molecule has 1 heterocycles. The molecular weight excluding hydrogens is 298 g/mol. The van der Waals surface area contributed by atoms with E-state index >= 15 is 0 Å². The van der Waals surface area contributed by atoms with E-state index in [4.69, 9.17) is 0 Å². The maximum Gasteiger partial charge on any atom is 0.257 e. The lowest BCUT2D eigenvalue weighted by Crippen LogP contribution is -2.13. The summed E-state index contributed by atoms with van der Waals surface area (Å²) in [5, 5.41) is 13.7. The number of nitrogens with one attached hydrogen (secondary N) is 2. The van der Waals surface area contributed by atoms with Crippen molar-refractivity contribution in [3.8, 4) is 0 Å². The van der Waals surface area contributed by atoms with Crippen molar-refractivity contribution < 1.29 is 13.6 Å². The van der Waals surface area contributed by atoms with Gasteiger partial charge in [-0.15, -0.1) is 10.2 Å². The molecule has 0 aliphatic carbocycles. The molecule has 2 N–H and O–H groups in total. The quantitative estimate of drug-likeness (QED) is 0.890. The Kier molecular flexibility index (Phi) is 4.79. The predicted molar refractivity (Wildman–Crippen MR) is 77.8 cm³/mol. The second-order valence-corrected chi connectivity index (χ2v) is 5.22. The number of nitrogens with zero attached hydrogens (tertiary/aromatic N) is 2. The van der Waals surface area contributed by atoms with E-state index in [-0.39, 0.29) is 11.3 Å². The Hall–Kier alpha value is -2.09. The Labute approximate surface area is 124 Å². The zero-order valence-electron chi connectivity index (χ0n) is 11.5. The summed E-state index contributed by atoms with van der Waals surface area (Å²) < 4.78 is 27.5. The highest BCUT2D eigenvalue weighted by Gasteiger charge is 2.16. The van der Waals surface area contributed by atoms with Gasteiger partial charge in [0.25, 0.3) is 5.91 Å². The third kappa shape index (κ3) is 3.52. The highest BCUT2D eigenvalue weighted by Crippen LogP contribution is 2.22. The number of aromatic nitrogens is 2. The highest BCUT2D eigenvalue weighted by atomic mass is 32.1. The summed E-state index contributed by atoms with van der Waals surface area (Å²) in [4.78, 5) is 12.0. The van der Waals surface area contributed by atoms with Crippen LogP contribution in [-0.2, 0) is 6.42 Å². The Morgan fingerprint density at radius 2 is 1.90 bits per heavy atom. The maximum atomic E-state index is 13.7. The molecule has 0 spiro atoms. The number of carbonyl (C=O) groups is 1. The van der Waals surface area contributed by atoms with Gasteiger partial charge in [0, 0.05) is 12.1 Å². The first-order chi connectivity index (χ1) is 10.0. The van der Waals surface area contributed by atoms with Crippen molar-refractivity contribution in [1.82, 2.24) is 10.2 Å². The van der Waals surface area contributed by atoms with Gasteiger partial charge in [-0.25, -0.2) is 8.78 Å². The fourth-order valence-corrected chi connectivity index (χ4v) is 2.34. The molecule has 2 aromatic rings. The van der Waals surface area contributed by atoms with E-state index in [0.29, 0.717) is 18.1 Å². The number of benzene rings is 1. The summed E-state index contributed by atoms with van der Waals surface area (Å²) in [5.41, 5.74) is -0.349. The summed E-state index contributed by atoms with van der Waals surface area (Å²) in [5.74, 6) is -2.25. The summed E-state index contributed by atoms with van der Waals surface area (Å²) in [7, 11) is 0. The summed E-state index contributed by atoms with van der Waals surface area (Å²) in [6.45, 7) is 4.01. The number of anilines is 2. The number of hydrogen-bond acceptors (Lipinski definition) is 5. The van der Waals surface area contributed by atoms with E-state index in [2.05, 4.69) is 20.8 Å². The minimum absolute atomic E-state index is 0.111. The smallest absolute Gasteiger partial charge is 0.257 e. The van der Waals surface area contributed by atoms with Gasteiger partial charge < -0.3 is 5.32 Å². The van der Waals surface area contributed by atoms with Gasteiger partial charge in [-0.3, -0.25) is 10.1 Å². The lowest BCUT2D eigenvalue weighted by Gasteiger charge is -2.08. The molecule has 112 valence electrons. The molecule has 0 saturated heterocycles. The predicted octanol–water partition coefficient (Wildman–Crippen LogP) is 3.06. The van der Waals surface area contributed by atoms with Crippen LogP contribution >= 0.6 is 11.3 Å². The third-order valence-corrected chi connectivity index (χ3v) is 3.63. The lowest BCUT2D eigenvalue weighted by atomic mass is 10.1. The molecule has 0 aliphatic rings. The average molecular weight is 312 g/mol. The zero-order chi connectivity index (χ0) is 15.4. The first-order valence-corrected chi connectivity index (χ1v) is 7.23. The maximum absolute atomic E-state index is 13.7.